The van der Waals surface area contributed by atoms with E-state index in [1.54, 1.807) is 0 Å². The molecular weight excluding hydrogens is 706 g/mol. The van der Waals surface area contributed by atoms with Crippen molar-refractivity contribution in [2.24, 2.45) is 4.99 Å². The Bertz CT molecular complexity index is 2560. The molecule has 0 bridgehead atoms. The Morgan fingerprint density at radius 3 is 1.61 bits per heavy atom. The third-order valence-corrected chi connectivity index (χ3v) is 11.2. The second kappa shape index (κ2) is 13.9. The largest absolute Gasteiger partial charge is 0.475 e. The maximum atomic E-state index is 13.4. The minimum Gasteiger partial charge on any atom is -0.475 e. The molecule has 0 amide bonds. The van der Waals surface area contributed by atoms with Gasteiger partial charge in [-0.15, -0.1) is 0 Å². The monoisotopic (exact) mass is 739 g/mol. The first-order valence-electron chi connectivity index (χ1n) is 17.7. The van der Waals surface area contributed by atoms with Crippen LogP contribution in [0.2, 0.25) is 0 Å². The summed E-state index contributed by atoms with van der Waals surface area (Å²) in [4.78, 5) is 5.06. The Morgan fingerprint density at radius 1 is 0.593 bits per heavy atom. The van der Waals surface area contributed by atoms with Crippen molar-refractivity contribution in [1.82, 2.24) is 0 Å². The summed E-state index contributed by atoms with van der Waals surface area (Å²) in [6.45, 7) is 0.141. The second-order valence-corrected chi connectivity index (χ2v) is 14.5. The molecule has 0 unspecified atom stereocenters. The van der Waals surface area contributed by atoms with Gasteiger partial charge in [-0.3, -0.25) is 4.52 Å². The number of ether oxygens (including phenoxy) is 1. The van der Waals surface area contributed by atoms with Crippen molar-refractivity contribution >= 4 is 57.6 Å². The summed E-state index contributed by atoms with van der Waals surface area (Å²) < 4.78 is 67.5. The lowest BCUT2D eigenvalue weighted by Gasteiger charge is -2.35. The molecule has 0 aliphatic carbocycles. The van der Waals surface area contributed by atoms with E-state index in [1.165, 1.54) is 12.1 Å². The maximum absolute atomic E-state index is 13.4. The van der Waals surface area contributed by atoms with Gasteiger partial charge in [0.1, 0.15) is 29.4 Å². The molecule has 1 atom stereocenters. The van der Waals surface area contributed by atoms with Crippen LogP contribution in [0.5, 0.6) is 0 Å². The molecule has 0 fully saturated rings. The lowest BCUT2D eigenvalue weighted by atomic mass is 9.82. The van der Waals surface area contributed by atoms with Crippen LogP contribution in [0.3, 0.4) is 0 Å². The lowest BCUT2D eigenvalue weighted by molar-refractivity contribution is -0.137. The van der Waals surface area contributed by atoms with Crippen molar-refractivity contribution in [2.45, 2.75) is 30.7 Å². The summed E-state index contributed by atoms with van der Waals surface area (Å²) in [5, 5.41) is 6.06. The summed E-state index contributed by atoms with van der Waals surface area (Å²) in [6.07, 6.45) is -3.62. The number of hydrogen-bond donors (Lipinski definition) is 0. The van der Waals surface area contributed by atoms with Gasteiger partial charge in [0.2, 0.25) is 5.90 Å². The molecule has 0 spiro atoms. The van der Waals surface area contributed by atoms with Crippen LogP contribution in [-0.2, 0) is 23.8 Å². The van der Waals surface area contributed by atoms with Gasteiger partial charge in [-0.2, -0.15) is 13.2 Å². The van der Waals surface area contributed by atoms with Crippen LogP contribution >= 0.6 is 8.24 Å². The molecule has 1 aromatic heterocycles. The number of aliphatic imine (C=N–C) groups is 1. The van der Waals surface area contributed by atoms with E-state index in [-0.39, 0.29) is 12.5 Å². The van der Waals surface area contributed by atoms with Crippen molar-refractivity contribution in [2.75, 3.05) is 6.61 Å². The smallest absolute Gasteiger partial charge is 0.416 e. The summed E-state index contributed by atoms with van der Waals surface area (Å²) >= 11 is 0. The van der Waals surface area contributed by atoms with E-state index in [2.05, 4.69) is 24.3 Å². The zero-order valence-electron chi connectivity index (χ0n) is 28.9. The Balaban J connectivity index is 1.26. The summed E-state index contributed by atoms with van der Waals surface area (Å²) in [7, 11) is -2.11. The molecule has 1 aliphatic rings. The van der Waals surface area contributed by atoms with Crippen molar-refractivity contribution in [3.8, 4) is 0 Å². The number of halogens is 3. The number of nitrogens with zero attached hydrogens (tertiary/aromatic N) is 1. The van der Waals surface area contributed by atoms with Crippen molar-refractivity contribution in [3.63, 3.8) is 0 Å². The Morgan fingerprint density at radius 2 is 1.09 bits per heavy atom. The van der Waals surface area contributed by atoms with Gasteiger partial charge in [-0.05, 0) is 69.1 Å². The lowest BCUT2D eigenvalue weighted by Crippen LogP contribution is -2.51. The molecule has 268 valence electrons. The highest BCUT2D eigenvalue weighted by atomic mass is 31.1. The minimum absolute atomic E-state index is 0.141. The summed E-state index contributed by atoms with van der Waals surface area (Å²) in [5.74, 6) is 0.256. The van der Waals surface area contributed by atoms with Gasteiger partial charge < -0.3 is 13.1 Å². The number of hydrogen-bond acceptors (Lipinski definition) is 5. The van der Waals surface area contributed by atoms with E-state index < -0.39 is 31.6 Å². The number of fused-ring (bicyclic) bond motifs is 7. The van der Waals surface area contributed by atoms with Gasteiger partial charge in [0.25, 0.3) is 0 Å². The van der Waals surface area contributed by atoms with Gasteiger partial charge in [0, 0.05) is 29.2 Å². The second-order valence-electron chi connectivity index (χ2n) is 13.5. The summed E-state index contributed by atoms with van der Waals surface area (Å²) in [5.41, 5.74) is 1.93. The molecule has 9 rings (SSSR count). The summed E-state index contributed by atoms with van der Waals surface area (Å²) in [6, 6.07) is 48.9. The van der Waals surface area contributed by atoms with E-state index in [1.807, 2.05) is 109 Å². The van der Waals surface area contributed by atoms with E-state index >= 15 is 0 Å². The number of rotatable bonds is 8. The highest BCUT2D eigenvalue weighted by Crippen LogP contribution is 2.44. The van der Waals surface area contributed by atoms with Crippen molar-refractivity contribution in [3.05, 3.63) is 180 Å². The average Bonchev–Trinajstić information content (AvgIpc) is 3.64. The fourth-order valence-electron chi connectivity index (χ4n) is 7.45. The molecule has 54 heavy (non-hydrogen) atoms. The van der Waals surface area contributed by atoms with Gasteiger partial charge in [0.15, 0.2) is 0 Å². The molecule has 5 nitrogen and oxygen atoms in total. The minimum atomic E-state index is -4.45. The first-order valence-corrected chi connectivity index (χ1v) is 18.8. The fourth-order valence-corrected chi connectivity index (χ4v) is 8.73. The molecule has 8 aromatic rings. The van der Waals surface area contributed by atoms with Crippen LogP contribution < -0.4 is 4.52 Å². The first-order chi connectivity index (χ1) is 26.3. The average molecular weight is 740 g/mol. The van der Waals surface area contributed by atoms with E-state index in [4.69, 9.17) is 22.6 Å². The topological polar surface area (TPSA) is 57.1 Å². The van der Waals surface area contributed by atoms with Gasteiger partial charge >= 0.3 is 14.4 Å². The molecule has 0 N–H and O–H groups in total. The Kier molecular flexibility index (Phi) is 8.73. The fraction of sp³-hybridized carbons (Fsp3) is 0.133. The predicted molar refractivity (Wildman–Crippen MR) is 209 cm³/mol. The van der Waals surface area contributed by atoms with Gasteiger partial charge in [-0.25, -0.2) is 4.99 Å². The third-order valence-electron chi connectivity index (χ3n) is 10.0. The molecular formula is C45H33F3NO4P. The number of benzene rings is 7. The molecule has 1 aliphatic heterocycles. The normalized spacial score (nSPS) is 14.8. The molecule has 9 heteroatoms. The molecule has 0 saturated heterocycles. The van der Waals surface area contributed by atoms with Gasteiger partial charge in [0.05, 0.1) is 5.56 Å². The van der Waals surface area contributed by atoms with Crippen LogP contribution in [0.1, 0.15) is 22.3 Å². The molecule has 2 heterocycles. The molecule has 0 saturated carbocycles. The maximum Gasteiger partial charge on any atom is 0.416 e. The van der Waals surface area contributed by atoms with Crippen LogP contribution in [-0.4, -0.2) is 24.1 Å². The SMILES string of the molecule is FC(F)(F)c1ccc(C2=N[C@@H](C(Cc3ccccc3)(Cc3ccccc3)Op3oc4ccc5ccccc5c4c4c(ccc5ccccc54)o3)CO2)cc1. The standard InChI is InChI=1S/C45H33F3NO4P/c46-45(47,48)35-23-19-34(20-24-35)43-49-40(29-50-43)44(27-30-11-3-1-4-12-30,28-31-13-5-2-6-14-31)53-54-51-38-25-21-32-15-7-9-17-36(32)41(38)42-37-18-10-8-16-33(37)22-26-39(42)52-54/h1-26,40H,27-29H2/t40-/m1/s1. The van der Waals surface area contributed by atoms with Crippen molar-refractivity contribution in [1.29, 1.82) is 0 Å². The number of alkyl halides is 3. The predicted octanol–water partition coefficient (Wildman–Crippen LogP) is 12.1. The van der Waals surface area contributed by atoms with Crippen LogP contribution in [0, 0.1) is 0 Å². The van der Waals surface area contributed by atoms with Crippen LogP contribution in [0.15, 0.2) is 171 Å². The van der Waals surface area contributed by atoms with E-state index in [9.17, 15) is 13.2 Å². The Hall–Kier alpha value is -5.82. The van der Waals surface area contributed by atoms with Crippen molar-refractivity contribution < 1.29 is 30.8 Å². The molecule has 7 aromatic carbocycles. The Labute approximate surface area is 309 Å². The third kappa shape index (κ3) is 6.53. The zero-order chi connectivity index (χ0) is 36.7. The highest BCUT2D eigenvalue weighted by Gasteiger charge is 2.46. The van der Waals surface area contributed by atoms with E-state index in [0.29, 0.717) is 29.6 Å². The molecule has 0 radical (unpaired) electrons. The quantitative estimate of drug-likeness (QED) is 0.156. The first kappa shape index (κ1) is 34.0. The highest BCUT2D eigenvalue weighted by molar-refractivity contribution is 7.31. The van der Waals surface area contributed by atoms with Crippen LogP contribution in [0.4, 0.5) is 13.2 Å². The van der Waals surface area contributed by atoms with E-state index in [0.717, 1.165) is 55.6 Å². The van der Waals surface area contributed by atoms with Gasteiger partial charge in [-0.1, -0.05) is 121 Å². The zero-order valence-corrected chi connectivity index (χ0v) is 29.8. The van der Waals surface area contributed by atoms with Crippen LogP contribution in [0.25, 0.3) is 43.5 Å².